The summed E-state index contributed by atoms with van der Waals surface area (Å²) in [6.07, 6.45) is 6.06. The van der Waals surface area contributed by atoms with Gasteiger partial charge in [0.2, 0.25) is 11.8 Å². The molecule has 0 bridgehead atoms. The molecule has 114 valence electrons. The van der Waals surface area contributed by atoms with E-state index in [1.807, 2.05) is 6.92 Å². The molecule has 0 aromatic heterocycles. The molecule has 1 aliphatic heterocycles. The summed E-state index contributed by atoms with van der Waals surface area (Å²) in [4.78, 5) is 25.8. The molecule has 2 atom stereocenters. The summed E-state index contributed by atoms with van der Waals surface area (Å²) < 4.78 is 0. The number of nitrogens with one attached hydrogen (secondary N) is 1. The first-order chi connectivity index (χ1) is 9.56. The second-order valence-electron chi connectivity index (χ2n) is 6.23. The van der Waals surface area contributed by atoms with E-state index in [-0.39, 0.29) is 29.9 Å². The smallest absolute Gasteiger partial charge is 0.224 e. The molecule has 2 amide bonds. The van der Waals surface area contributed by atoms with Gasteiger partial charge in [-0.25, -0.2) is 0 Å². The van der Waals surface area contributed by atoms with Crippen LogP contribution >= 0.6 is 0 Å². The summed E-state index contributed by atoms with van der Waals surface area (Å²) in [6, 6.07) is -0.130. The lowest BCUT2D eigenvalue weighted by Crippen LogP contribution is -2.41. The normalized spacial score (nSPS) is 25.5. The summed E-state index contributed by atoms with van der Waals surface area (Å²) in [5.74, 6) is 0.263. The number of likely N-dealkylation sites (tertiary alicyclic amines) is 1. The Morgan fingerprint density at radius 3 is 2.55 bits per heavy atom. The van der Waals surface area contributed by atoms with Crippen LogP contribution in [0.25, 0.3) is 0 Å². The van der Waals surface area contributed by atoms with Crippen LogP contribution in [0, 0.1) is 5.92 Å². The number of β-amino-alcohol motifs (C(OH)–C–C–N with tert-alkyl or cyclic N) is 1. The molecule has 2 N–H and O–H groups in total. The third-order valence-corrected chi connectivity index (χ3v) is 4.36. The van der Waals surface area contributed by atoms with Crippen LogP contribution in [0.15, 0.2) is 0 Å². The molecule has 1 saturated carbocycles. The van der Waals surface area contributed by atoms with E-state index in [0.29, 0.717) is 25.9 Å². The average Bonchev–Trinajstić information content (AvgIpc) is 2.86. The van der Waals surface area contributed by atoms with Gasteiger partial charge in [-0.3, -0.25) is 9.59 Å². The van der Waals surface area contributed by atoms with Crippen molar-refractivity contribution in [1.82, 2.24) is 10.2 Å². The number of rotatable bonds is 4. The predicted octanol–water partition coefficient (Wildman–Crippen LogP) is 1.05. The third-order valence-electron chi connectivity index (χ3n) is 4.36. The van der Waals surface area contributed by atoms with Crippen molar-refractivity contribution in [3.05, 3.63) is 0 Å². The van der Waals surface area contributed by atoms with Gasteiger partial charge in [-0.2, -0.15) is 0 Å². The molecular weight excluding hydrogens is 256 g/mol. The fourth-order valence-electron chi connectivity index (χ4n) is 3.14. The molecule has 1 aliphatic carbocycles. The number of aliphatic hydroxyl groups is 1. The highest BCUT2D eigenvalue weighted by Gasteiger charge is 2.27. The molecule has 2 fully saturated rings. The minimum Gasteiger partial charge on any atom is -0.391 e. The zero-order chi connectivity index (χ0) is 14.5. The Hall–Kier alpha value is -1.10. The lowest BCUT2D eigenvalue weighted by atomic mass is 9.88. The standard InChI is InChI=1S/C15H26N2O3/c1-11(9-14(19)17-8-7-13(18)10-17)16-15(20)12-5-3-2-4-6-12/h11-13,18H,2-10H2,1H3,(H,16,20)/t11?,13-/m0/s1. The van der Waals surface area contributed by atoms with Crippen LogP contribution in [0.3, 0.4) is 0 Å². The van der Waals surface area contributed by atoms with Crippen molar-refractivity contribution in [3.8, 4) is 0 Å². The van der Waals surface area contributed by atoms with E-state index in [1.165, 1.54) is 6.42 Å². The second-order valence-corrected chi connectivity index (χ2v) is 6.23. The molecule has 0 aromatic carbocycles. The Morgan fingerprint density at radius 1 is 1.25 bits per heavy atom. The van der Waals surface area contributed by atoms with Gasteiger partial charge in [-0.05, 0) is 26.2 Å². The van der Waals surface area contributed by atoms with Gasteiger partial charge in [-0.15, -0.1) is 0 Å². The second kappa shape index (κ2) is 7.07. The molecule has 1 saturated heterocycles. The van der Waals surface area contributed by atoms with Crippen LogP contribution in [0.2, 0.25) is 0 Å². The van der Waals surface area contributed by atoms with Crippen molar-refractivity contribution in [1.29, 1.82) is 0 Å². The van der Waals surface area contributed by atoms with Gasteiger partial charge in [0.1, 0.15) is 0 Å². The van der Waals surface area contributed by atoms with Crippen molar-refractivity contribution in [2.75, 3.05) is 13.1 Å². The predicted molar refractivity (Wildman–Crippen MR) is 76.0 cm³/mol. The molecule has 20 heavy (non-hydrogen) atoms. The SMILES string of the molecule is CC(CC(=O)N1CC[C@H](O)C1)NC(=O)C1CCCCC1. The van der Waals surface area contributed by atoms with Crippen molar-refractivity contribution < 1.29 is 14.7 Å². The number of amides is 2. The fourth-order valence-corrected chi connectivity index (χ4v) is 3.14. The van der Waals surface area contributed by atoms with Crippen molar-refractivity contribution in [2.24, 2.45) is 5.92 Å². The highest BCUT2D eigenvalue weighted by molar-refractivity contribution is 5.81. The first kappa shape index (κ1) is 15.3. The Bertz CT molecular complexity index is 334. The maximum atomic E-state index is 12.1. The summed E-state index contributed by atoms with van der Waals surface area (Å²) in [6.45, 7) is 2.94. The van der Waals surface area contributed by atoms with Crippen LogP contribution in [0.5, 0.6) is 0 Å². The molecule has 5 nitrogen and oxygen atoms in total. The number of hydrogen-bond acceptors (Lipinski definition) is 3. The van der Waals surface area contributed by atoms with E-state index in [2.05, 4.69) is 5.32 Å². The van der Waals surface area contributed by atoms with Crippen LogP contribution in [0.1, 0.15) is 51.9 Å². The Balaban J connectivity index is 1.72. The molecule has 2 rings (SSSR count). The van der Waals surface area contributed by atoms with Crippen molar-refractivity contribution in [3.63, 3.8) is 0 Å². The van der Waals surface area contributed by atoms with E-state index in [0.717, 1.165) is 25.7 Å². The number of aliphatic hydroxyl groups excluding tert-OH is 1. The zero-order valence-corrected chi connectivity index (χ0v) is 12.3. The maximum absolute atomic E-state index is 12.1. The number of hydrogen-bond donors (Lipinski definition) is 2. The Kier molecular flexibility index (Phi) is 5.40. The van der Waals surface area contributed by atoms with Crippen LogP contribution in [0.4, 0.5) is 0 Å². The van der Waals surface area contributed by atoms with Crippen LogP contribution < -0.4 is 5.32 Å². The number of carbonyl (C=O) groups is 2. The molecule has 0 radical (unpaired) electrons. The topological polar surface area (TPSA) is 69.6 Å². The van der Waals surface area contributed by atoms with Crippen LogP contribution in [-0.2, 0) is 9.59 Å². The Morgan fingerprint density at radius 2 is 1.95 bits per heavy atom. The monoisotopic (exact) mass is 282 g/mol. The average molecular weight is 282 g/mol. The molecule has 1 heterocycles. The van der Waals surface area contributed by atoms with E-state index in [9.17, 15) is 14.7 Å². The van der Waals surface area contributed by atoms with E-state index < -0.39 is 0 Å². The van der Waals surface area contributed by atoms with E-state index in [1.54, 1.807) is 4.90 Å². The molecule has 0 spiro atoms. The fraction of sp³-hybridized carbons (Fsp3) is 0.867. The molecule has 1 unspecified atom stereocenters. The molecule has 2 aliphatic rings. The Labute approximate surface area is 120 Å². The molecule has 0 aromatic rings. The van der Waals surface area contributed by atoms with Crippen molar-refractivity contribution in [2.45, 2.75) is 64.0 Å². The van der Waals surface area contributed by atoms with Gasteiger partial charge >= 0.3 is 0 Å². The summed E-state index contributed by atoms with van der Waals surface area (Å²) >= 11 is 0. The maximum Gasteiger partial charge on any atom is 0.224 e. The minimum atomic E-state index is -0.383. The quantitative estimate of drug-likeness (QED) is 0.810. The summed E-state index contributed by atoms with van der Waals surface area (Å²) in [5.41, 5.74) is 0. The largest absolute Gasteiger partial charge is 0.391 e. The first-order valence-corrected chi connectivity index (χ1v) is 7.82. The summed E-state index contributed by atoms with van der Waals surface area (Å²) in [7, 11) is 0. The van der Waals surface area contributed by atoms with Gasteiger partial charge in [0.05, 0.1) is 6.10 Å². The third kappa shape index (κ3) is 4.20. The van der Waals surface area contributed by atoms with Crippen molar-refractivity contribution >= 4 is 11.8 Å². The minimum absolute atomic E-state index is 0.0259. The van der Waals surface area contributed by atoms with E-state index >= 15 is 0 Å². The first-order valence-electron chi connectivity index (χ1n) is 7.82. The lowest BCUT2D eigenvalue weighted by Gasteiger charge is -2.24. The molecule has 5 heteroatoms. The highest BCUT2D eigenvalue weighted by atomic mass is 16.3. The highest BCUT2D eigenvalue weighted by Crippen LogP contribution is 2.23. The van der Waals surface area contributed by atoms with Gasteiger partial charge in [-0.1, -0.05) is 19.3 Å². The van der Waals surface area contributed by atoms with Crippen LogP contribution in [-0.4, -0.2) is 47.1 Å². The zero-order valence-electron chi connectivity index (χ0n) is 12.3. The number of carbonyl (C=O) groups excluding carboxylic acids is 2. The molecular formula is C15H26N2O3. The van der Waals surface area contributed by atoms with Gasteiger partial charge in [0.25, 0.3) is 0 Å². The van der Waals surface area contributed by atoms with Gasteiger partial charge in [0, 0.05) is 31.5 Å². The number of nitrogens with zero attached hydrogens (tertiary/aromatic N) is 1. The van der Waals surface area contributed by atoms with Gasteiger partial charge in [0.15, 0.2) is 0 Å². The van der Waals surface area contributed by atoms with Gasteiger partial charge < -0.3 is 15.3 Å². The van der Waals surface area contributed by atoms with E-state index in [4.69, 9.17) is 0 Å². The summed E-state index contributed by atoms with van der Waals surface area (Å²) in [5, 5.41) is 12.4. The lowest BCUT2D eigenvalue weighted by molar-refractivity contribution is -0.131.